The van der Waals surface area contributed by atoms with E-state index in [0.717, 1.165) is 63.2 Å². The normalized spacial score (nSPS) is 26.0. The van der Waals surface area contributed by atoms with Gasteiger partial charge in [0.2, 0.25) is 5.91 Å². The molecule has 2 atom stereocenters. The lowest BCUT2D eigenvalue weighted by atomic mass is 9.96. The van der Waals surface area contributed by atoms with Crippen LogP contribution in [0.2, 0.25) is 0 Å². The average Bonchev–Trinajstić information content (AvgIpc) is 3.25. The zero-order chi connectivity index (χ0) is 19.7. The topological polar surface area (TPSA) is 53.1 Å². The minimum absolute atomic E-state index is 0.0301. The third-order valence-corrected chi connectivity index (χ3v) is 6.54. The first-order valence-electron chi connectivity index (χ1n) is 10.6. The van der Waals surface area contributed by atoms with Gasteiger partial charge in [-0.2, -0.15) is 0 Å². The summed E-state index contributed by atoms with van der Waals surface area (Å²) < 4.78 is 5.11. The first-order valence-corrected chi connectivity index (χ1v) is 10.6. The van der Waals surface area contributed by atoms with Crippen molar-refractivity contribution < 1.29 is 14.3 Å². The van der Waals surface area contributed by atoms with Crippen molar-refractivity contribution in [3.63, 3.8) is 0 Å². The van der Waals surface area contributed by atoms with E-state index in [1.54, 1.807) is 0 Å². The lowest BCUT2D eigenvalue weighted by Gasteiger charge is -2.33. The zero-order valence-corrected chi connectivity index (χ0v) is 17.0. The van der Waals surface area contributed by atoms with Crippen LogP contribution in [-0.2, 0) is 9.53 Å². The second-order valence-electron chi connectivity index (χ2n) is 8.32. The number of benzene rings is 1. The van der Waals surface area contributed by atoms with E-state index in [1.807, 2.05) is 30.9 Å². The van der Waals surface area contributed by atoms with Crippen LogP contribution in [0.25, 0.3) is 0 Å². The molecule has 1 unspecified atom stereocenters. The van der Waals surface area contributed by atoms with E-state index in [9.17, 15) is 9.59 Å². The summed E-state index contributed by atoms with van der Waals surface area (Å²) in [6.45, 7) is 8.93. The Balaban J connectivity index is 1.31. The molecular formula is C22H31N3O3. The first-order chi connectivity index (χ1) is 13.6. The summed E-state index contributed by atoms with van der Waals surface area (Å²) in [5.41, 5.74) is 2.27. The second kappa shape index (κ2) is 8.11. The molecule has 0 aliphatic carbocycles. The van der Waals surface area contributed by atoms with Gasteiger partial charge in [0, 0.05) is 38.4 Å². The Kier molecular flexibility index (Phi) is 5.58. The predicted molar refractivity (Wildman–Crippen MR) is 109 cm³/mol. The molecule has 3 aliphatic rings. The number of carbonyl (C=O) groups excluding carboxylic acids is 2. The van der Waals surface area contributed by atoms with E-state index in [2.05, 4.69) is 21.9 Å². The Morgan fingerprint density at radius 2 is 1.89 bits per heavy atom. The molecule has 28 heavy (non-hydrogen) atoms. The van der Waals surface area contributed by atoms with Crippen molar-refractivity contribution in [3.8, 4) is 0 Å². The SMILES string of the molecule is CCOC(=O)N1CCC(CN2CC[C@@H](N3C(=O)C(C)c4ccccc43)C2)CC1. The van der Waals surface area contributed by atoms with Crippen LogP contribution in [0.3, 0.4) is 0 Å². The number of likely N-dealkylation sites (tertiary alicyclic amines) is 2. The van der Waals surface area contributed by atoms with Gasteiger partial charge in [0.05, 0.1) is 18.6 Å². The van der Waals surface area contributed by atoms with Crippen molar-refractivity contribution in [2.45, 2.75) is 45.1 Å². The number of carbonyl (C=O) groups is 2. The van der Waals surface area contributed by atoms with Crippen LogP contribution in [0, 0.1) is 5.92 Å². The fourth-order valence-corrected chi connectivity index (χ4v) is 4.98. The molecule has 0 N–H and O–H groups in total. The quantitative estimate of drug-likeness (QED) is 0.799. The van der Waals surface area contributed by atoms with E-state index in [1.165, 1.54) is 0 Å². The van der Waals surface area contributed by atoms with Crippen LogP contribution in [0.15, 0.2) is 24.3 Å². The highest BCUT2D eigenvalue weighted by molar-refractivity contribution is 6.05. The lowest BCUT2D eigenvalue weighted by Crippen LogP contribution is -2.43. The highest BCUT2D eigenvalue weighted by Gasteiger charge is 2.40. The predicted octanol–water partition coefficient (Wildman–Crippen LogP) is 3.08. The molecular weight excluding hydrogens is 354 g/mol. The molecule has 0 bridgehead atoms. The minimum atomic E-state index is -0.178. The molecule has 6 heteroatoms. The molecule has 0 aromatic heterocycles. The van der Waals surface area contributed by atoms with Crippen LogP contribution in [0.4, 0.5) is 10.5 Å². The van der Waals surface area contributed by atoms with Crippen LogP contribution < -0.4 is 4.90 Å². The number of fused-ring (bicyclic) bond motifs is 1. The van der Waals surface area contributed by atoms with Crippen molar-refractivity contribution in [2.75, 3.05) is 44.2 Å². The molecule has 1 aromatic carbocycles. The van der Waals surface area contributed by atoms with Gasteiger partial charge in [-0.1, -0.05) is 18.2 Å². The van der Waals surface area contributed by atoms with Crippen molar-refractivity contribution in [1.29, 1.82) is 0 Å². The highest BCUT2D eigenvalue weighted by Crippen LogP contribution is 2.39. The average molecular weight is 386 g/mol. The summed E-state index contributed by atoms with van der Waals surface area (Å²) in [5, 5.41) is 0. The van der Waals surface area contributed by atoms with Crippen molar-refractivity contribution in [3.05, 3.63) is 29.8 Å². The number of hydrogen-bond donors (Lipinski definition) is 0. The Labute approximate surface area is 167 Å². The monoisotopic (exact) mass is 385 g/mol. The number of piperidine rings is 1. The van der Waals surface area contributed by atoms with Crippen molar-refractivity contribution in [2.24, 2.45) is 5.92 Å². The van der Waals surface area contributed by atoms with E-state index in [0.29, 0.717) is 12.5 Å². The molecule has 4 rings (SSSR count). The van der Waals surface area contributed by atoms with Crippen LogP contribution in [0.1, 0.15) is 44.6 Å². The summed E-state index contributed by atoms with van der Waals surface area (Å²) in [6.07, 6.45) is 2.92. The molecule has 2 amide bonds. The number of anilines is 1. The molecule has 0 saturated carbocycles. The molecule has 2 saturated heterocycles. The summed E-state index contributed by atoms with van der Waals surface area (Å²) in [5.74, 6) is 0.832. The molecule has 1 aromatic rings. The van der Waals surface area contributed by atoms with Gasteiger partial charge in [0.15, 0.2) is 0 Å². The zero-order valence-electron chi connectivity index (χ0n) is 17.0. The standard InChI is InChI=1S/C22H31N3O3/c1-3-28-22(27)24-12-8-17(9-13-24)14-23-11-10-18(15-23)25-20-7-5-4-6-19(20)16(2)21(25)26/h4-7,16-18H,3,8-15H2,1-2H3/t16?,18-/m1/s1. The van der Waals surface area contributed by atoms with Gasteiger partial charge in [-0.3, -0.25) is 4.79 Å². The maximum absolute atomic E-state index is 12.9. The fourth-order valence-electron chi connectivity index (χ4n) is 4.98. The van der Waals surface area contributed by atoms with Crippen molar-refractivity contribution >= 4 is 17.7 Å². The van der Waals surface area contributed by atoms with Crippen LogP contribution in [-0.4, -0.2) is 67.2 Å². The van der Waals surface area contributed by atoms with Gasteiger partial charge in [-0.15, -0.1) is 0 Å². The minimum Gasteiger partial charge on any atom is -0.450 e. The summed E-state index contributed by atoms with van der Waals surface area (Å²) >= 11 is 0. The van der Waals surface area contributed by atoms with Gasteiger partial charge in [0.25, 0.3) is 0 Å². The number of ether oxygens (including phenoxy) is 1. The van der Waals surface area contributed by atoms with Crippen LogP contribution >= 0.6 is 0 Å². The Bertz CT molecular complexity index is 729. The van der Waals surface area contributed by atoms with Gasteiger partial charge in [-0.05, 0) is 50.7 Å². The van der Waals surface area contributed by atoms with E-state index >= 15 is 0 Å². The van der Waals surface area contributed by atoms with Gasteiger partial charge in [0.1, 0.15) is 0 Å². The molecule has 152 valence electrons. The van der Waals surface area contributed by atoms with Crippen LogP contribution in [0.5, 0.6) is 0 Å². The number of para-hydroxylation sites is 1. The maximum Gasteiger partial charge on any atom is 0.409 e. The Morgan fingerprint density at radius 1 is 1.14 bits per heavy atom. The van der Waals surface area contributed by atoms with E-state index in [-0.39, 0.29) is 24.0 Å². The first kappa shape index (κ1) is 19.2. The third kappa shape index (κ3) is 3.62. The summed E-state index contributed by atoms with van der Waals surface area (Å²) in [4.78, 5) is 31.1. The highest BCUT2D eigenvalue weighted by atomic mass is 16.6. The number of amides is 2. The van der Waals surface area contributed by atoms with E-state index in [4.69, 9.17) is 4.74 Å². The van der Waals surface area contributed by atoms with Crippen molar-refractivity contribution in [1.82, 2.24) is 9.80 Å². The molecule has 0 spiro atoms. The number of hydrogen-bond acceptors (Lipinski definition) is 4. The second-order valence-corrected chi connectivity index (χ2v) is 8.32. The largest absolute Gasteiger partial charge is 0.450 e. The molecule has 2 fully saturated rings. The molecule has 6 nitrogen and oxygen atoms in total. The molecule has 3 heterocycles. The molecule has 0 radical (unpaired) electrons. The molecule has 3 aliphatic heterocycles. The lowest BCUT2D eigenvalue weighted by molar-refractivity contribution is -0.119. The van der Waals surface area contributed by atoms with Gasteiger partial charge in [-0.25, -0.2) is 4.79 Å². The third-order valence-electron chi connectivity index (χ3n) is 6.54. The Hall–Kier alpha value is -2.08. The van der Waals surface area contributed by atoms with Gasteiger partial charge < -0.3 is 19.4 Å². The summed E-state index contributed by atoms with van der Waals surface area (Å²) in [7, 11) is 0. The van der Waals surface area contributed by atoms with E-state index < -0.39 is 0 Å². The number of rotatable bonds is 4. The number of nitrogens with zero attached hydrogens (tertiary/aromatic N) is 3. The fraction of sp³-hybridized carbons (Fsp3) is 0.636. The smallest absolute Gasteiger partial charge is 0.409 e. The maximum atomic E-state index is 12.9. The summed E-state index contributed by atoms with van der Waals surface area (Å²) in [6, 6.07) is 8.50. The Morgan fingerprint density at radius 3 is 2.64 bits per heavy atom. The van der Waals surface area contributed by atoms with Gasteiger partial charge >= 0.3 is 6.09 Å².